The van der Waals surface area contributed by atoms with Gasteiger partial charge in [-0.25, -0.2) is 4.98 Å². The minimum Gasteiger partial charge on any atom is -0.296 e. The Morgan fingerprint density at radius 3 is 3.11 bits per heavy atom. The molecule has 1 aliphatic heterocycles. The van der Waals surface area contributed by atoms with Gasteiger partial charge in [-0.1, -0.05) is 25.8 Å². The second kappa shape index (κ2) is 7.15. The SMILES string of the molecule is CCCCN1CCCC[C@@H]1c1cccnc1SC. The van der Waals surface area contributed by atoms with Gasteiger partial charge >= 0.3 is 0 Å². The number of nitrogens with zero attached hydrogens (tertiary/aromatic N) is 2. The maximum Gasteiger partial charge on any atom is 0.100 e. The summed E-state index contributed by atoms with van der Waals surface area (Å²) < 4.78 is 0. The molecule has 2 heterocycles. The number of hydrogen-bond donors (Lipinski definition) is 0. The Bertz CT molecular complexity index is 367. The summed E-state index contributed by atoms with van der Waals surface area (Å²) >= 11 is 1.78. The number of rotatable bonds is 5. The van der Waals surface area contributed by atoms with Crippen LogP contribution in [0.2, 0.25) is 0 Å². The van der Waals surface area contributed by atoms with Crippen LogP contribution in [0.4, 0.5) is 0 Å². The molecule has 0 aliphatic carbocycles. The summed E-state index contributed by atoms with van der Waals surface area (Å²) in [7, 11) is 0. The van der Waals surface area contributed by atoms with E-state index in [2.05, 4.69) is 35.2 Å². The van der Waals surface area contributed by atoms with Gasteiger partial charge in [0.25, 0.3) is 0 Å². The van der Waals surface area contributed by atoms with E-state index < -0.39 is 0 Å². The Kier molecular flexibility index (Phi) is 5.51. The first kappa shape index (κ1) is 13.9. The lowest BCUT2D eigenvalue weighted by Gasteiger charge is -2.36. The van der Waals surface area contributed by atoms with Crippen molar-refractivity contribution in [2.45, 2.75) is 50.1 Å². The molecular weight excluding hydrogens is 240 g/mol. The molecule has 1 fully saturated rings. The molecule has 1 saturated heterocycles. The number of hydrogen-bond acceptors (Lipinski definition) is 3. The summed E-state index contributed by atoms with van der Waals surface area (Å²) in [5.74, 6) is 0. The zero-order valence-corrected chi connectivity index (χ0v) is 12.4. The van der Waals surface area contributed by atoms with Crippen molar-refractivity contribution < 1.29 is 0 Å². The van der Waals surface area contributed by atoms with Gasteiger partial charge in [0, 0.05) is 17.8 Å². The van der Waals surface area contributed by atoms with Gasteiger partial charge < -0.3 is 0 Å². The number of thioether (sulfide) groups is 1. The van der Waals surface area contributed by atoms with E-state index in [1.54, 1.807) is 11.8 Å². The third kappa shape index (κ3) is 3.27. The van der Waals surface area contributed by atoms with Crippen molar-refractivity contribution in [3.8, 4) is 0 Å². The predicted octanol–water partition coefficient (Wildman–Crippen LogP) is 4.13. The molecule has 0 amide bonds. The van der Waals surface area contributed by atoms with Crippen LogP contribution in [0.5, 0.6) is 0 Å². The van der Waals surface area contributed by atoms with Crippen LogP contribution in [0.1, 0.15) is 50.6 Å². The third-order valence-electron chi connectivity index (χ3n) is 3.77. The second-order valence-corrected chi connectivity index (χ2v) is 5.80. The molecular formula is C15H24N2S. The highest BCUT2D eigenvalue weighted by atomic mass is 32.2. The zero-order valence-electron chi connectivity index (χ0n) is 11.6. The number of unbranched alkanes of at least 4 members (excludes halogenated alkanes) is 1. The molecule has 2 rings (SSSR count). The van der Waals surface area contributed by atoms with Crippen molar-refractivity contribution in [3.05, 3.63) is 23.9 Å². The quantitative estimate of drug-likeness (QED) is 0.744. The highest BCUT2D eigenvalue weighted by Gasteiger charge is 2.25. The van der Waals surface area contributed by atoms with Gasteiger partial charge in [0.05, 0.1) is 0 Å². The first-order chi connectivity index (χ1) is 8.86. The average Bonchev–Trinajstić information content (AvgIpc) is 2.45. The van der Waals surface area contributed by atoms with E-state index in [1.807, 2.05) is 6.20 Å². The molecule has 0 aromatic carbocycles. The lowest BCUT2D eigenvalue weighted by Crippen LogP contribution is -2.34. The highest BCUT2D eigenvalue weighted by Crippen LogP contribution is 2.34. The van der Waals surface area contributed by atoms with Crippen LogP contribution in [0.25, 0.3) is 0 Å². The normalized spacial score (nSPS) is 21.1. The van der Waals surface area contributed by atoms with E-state index in [9.17, 15) is 0 Å². The molecule has 0 radical (unpaired) electrons. The maximum absolute atomic E-state index is 4.52. The molecule has 0 unspecified atom stereocenters. The summed E-state index contributed by atoms with van der Waals surface area (Å²) in [6.07, 6.45) is 10.6. The minimum atomic E-state index is 0.599. The Hall–Kier alpha value is -0.540. The van der Waals surface area contributed by atoms with Crippen LogP contribution in [0.3, 0.4) is 0 Å². The number of pyridine rings is 1. The van der Waals surface area contributed by atoms with Crippen molar-refractivity contribution >= 4 is 11.8 Å². The lowest BCUT2D eigenvalue weighted by atomic mass is 9.96. The van der Waals surface area contributed by atoms with Gasteiger partial charge in [0.1, 0.15) is 5.03 Å². The van der Waals surface area contributed by atoms with E-state index in [0.717, 1.165) is 0 Å². The molecule has 18 heavy (non-hydrogen) atoms. The van der Waals surface area contributed by atoms with Gasteiger partial charge in [0.15, 0.2) is 0 Å². The molecule has 0 N–H and O–H groups in total. The van der Waals surface area contributed by atoms with Crippen LogP contribution >= 0.6 is 11.8 Å². The predicted molar refractivity (Wildman–Crippen MR) is 79.1 cm³/mol. The molecule has 1 aromatic heterocycles. The Morgan fingerprint density at radius 1 is 1.44 bits per heavy atom. The smallest absolute Gasteiger partial charge is 0.100 e. The monoisotopic (exact) mass is 264 g/mol. The fraction of sp³-hybridized carbons (Fsp3) is 0.667. The Labute approximate surface area is 115 Å². The Morgan fingerprint density at radius 2 is 2.33 bits per heavy atom. The largest absolute Gasteiger partial charge is 0.296 e. The molecule has 100 valence electrons. The molecule has 0 saturated carbocycles. The van der Waals surface area contributed by atoms with Gasteiger partial charge in [-0.3, -0.25) is 4.90 Å². The van der Waals surface area contributed by atoms with E-state index in [4.69, 9.17) is 0 Å². The van der Waals surface area contributed by atoms with Crippen LogP contribution < -0.4 is 0 Å². The van der Waals surface area contributed by atoms with Gasteiger partial charge in [-0.05, 0) is 44.7 Å². The van der Waals surface area contributed by atoms with E-state index in [1.165, 1.54) is 55.8 Å². The van der Waals surface area contributed by atoms with E-state index >= 15 is 0 Å². The molecule has 1 aliphatic rings. The fourth-order valence-corrected chi connectivity index (χ4v) is 3.41. The third-order valence-corrected chi connectivity index (χ3v) is 4.49. The van der Waals surface area contributed by atoms with Gasteiger partial charge in [0.2, 0.25) is 0 Å². The van der Waals surface area contributed by atoms with Crippen molar-refractivity contribution in [2.75, 3.05) is 19.3 Å². The molecule has 0 spiro atoms. The van der Waals surface area contributed by atoms with Crippen LogP contribution in [0.15, 0.2) is 23.4 Å². The molecule has 1 atom stereocenters. The minimum absolute atomic E-state index is 0.599. The van der Waals surface area contributed by atoms with Crippen molar-refractivity contribution in [3.63, 3.8) is 0 Å². The summed E-state index contributed by atoms with van der Waals surface area (Å²) in [5.41, 5.74) is 1.45. The van der Waals surface area contributed by atoms with Crippen LogP contribution in [-0.2, 0) is 0 Å². The number of likely N-dealkylation sites (tertiary alicyclic amines) is 1. The average molecular weight is 264 g/mol. The van der Waals surface area contributed by atoms with Crippen molar-refractivity contribution in [1.82, 2.24) is 9.88 Å². The lowest BCUT2D eigenvalue weighted by molar-refractivity contribution is 0.144. The number of piperidine rings is 1. The van der Waals surface area contributed by atoms with Crippen LogP contribution in [-0.4, -0.2) is 29.2 Å². The topological polar surface area (TPSA) is 16.1 Å². The molecule has 1 aromatic rings. The van der Waals surface area contributed by atoms with E-state index in [0.29, 0.717) is 6.04 Å². The van der Waals surface area contributed by atoms with E-state index in [-0.39, 0.29) is 0 Å². The summed E-state index contributed by atoms with van der Waals surface area (Å²) in [6, 6.07) is 4.96. The Balaban J connectivity index is 2.16. The maximum atomic E-state index is 4.52. The van der Waals surface area contributed by atoms with Crippen LogP contribution in [0, 0.1) is 0 Å². The standard InChI is InChI=1S/C15H24N2S/c1-3-4-11-17-12-6-5-9-14(17)13-8-7-10-16-15(13)18-2/h7-8,10,14H,3-6,9,11-12H2,1-2H3/t14-/m1/s1. The second-order valence-electron chi connectivity index (χ2n) is 5.00. The summed E-state index contributed by atoms with van der Waals surface area (Å²) in [4.78, 5) is 7.19. The summed E-state index contributed by atoms with van der Waals surface area (Å²) in [6.45, 7) is 4.77. The fourth-order valence-electron chi connectivity index (χ4n) is 2.80. The first-order valence-corrected chi connectivity index (χ1v) is 8.32. The summed E-state index contributed by atoms with van der Waals surface area (Å²) in [5, 5.41) is 1.21. The number of aromatic nitrogens is 1. The van der Waals surface area contributed by atoms with Gasteiger partial charge in [-0.2, -0.15) is 0 Å². The molecule has 2 nitrogen and oxygen atoms in total. The molecule has 3 heteroatoms. The van der Waals surface area contributed by atoms with Gasteiger partial charge in [-0.15, -0.1) is 11.8 Å². The first-order valence-electron chi connectivity index (χ1n) is 7.09. The molecule has 0 bridgehead atoms. The van der Waals surface area contributed by atoms with Crippen molar-refractivity contribution in [1.29, 1.82) is 0 Å². The van der Waals surface area contributed by atoms with Crippen molar-refractivity contribution in [2.24, 2.45) is 0 Å². The highest BCUT2D eigenvalue weighted by molar-refractivity contribution is 7.98. The zero-order chi connectivity index (χ0) is 12.8.